The molecule has 0 aliphatic heterocycles. The molecule has 0 aliphatic rings. The van der Waals surface area contributed by atoms with Crippen molar-refractivity contribution in [2.75, 3.05) is 20.2 Å². The molecule has 0 radical (unpaired) electrons. The van der Waals surface area contributed by atoms with Crippen LogP contribution in [0.25, 0.3) is 11.1 Å². The lowest BCUT2D eigenvalue weighted by Crippen LogP contribution is -2.22. The van der Waals surface area contributed by atoms with Crippen molar-refractivity contribution in [3.63, 3.8) is 0 Å². The zero-order chi connectivity index (χ0) is 14.4. The summed E-state index contributed by atoms with van der Waals surface area (Å²) in [6, 6.07) is 10.3. The fourth-order valence-corrected chi connectivity index (χ4v) is 2.24. The smallest absolute Gasteiger partial charge is 0.119 e. The van der Waals surface area contributed by atoms with Crippen molar-refractivity contribution < 1.29 is 4.74 Å². The van der Waals surface area contributed by atoms with Gasteiger partial charge in [0.15, 0.2) is 0 Å². The lowest BCUT2D eigenvalue weighted by molar-refractivity contribution is 0.295. The Morgan fingerprint density at radius 1 is 1.05 bits per heavy atom. The Morgan fingerprint density at radius 2 is 1.85 bits per heavy atom. The molecule has 0 saturated carbocycles. The summed E-state index contributed by atoms with van der Waals surface area (Å²) in [6.45, 7) is 7.42. The van der Waals surface area contributed by atoms with E-state index < -0.39 is 0 Å². The van der Waals surface area contributed by atoms with Crippen LogP contribution in [0.4, 0.5) is 0 Å². The standard InChI is InChI=1S/C17H22N2O/c1-4-19(5-2)13-14-9-16(12-18-11-14)15-7-6-8-17(10-15)20-3/h6-12H,4-5,13H2,1-3H3. The number of rotatable bonds is 6. The average Bonchev–Trinajstić information content (AvgIpc) is 2.53. The molecule has 0 unspecified atom stereocenters. The Labute approximate surface area is 121 Å². The van der Waals surface area contributed by atoms with Crippen molar-refractivity contribution in [2.24, 2.45) is 0 Å². The van der Waals surface area contributed by atoms with E-state index in [1.807, 2.05) is 30.6 Å². The molecular formula is C17H22N2O. The molecule has 0 fully saturated rings. The van der Waals surface area contributed by atoms with Gasteiger partial charge in [-0.15, -0.1) is 0 Å². The molecule has 0 N–H and O–H groups in total. The van der Waals surface area contributed by atoms with Crippen LogP contribution in [0.3, 0.4) is 0 Å². The van der Waals surface area contributed by atoms with Crippen molar-refractivity contribution in [1.82, 2.24) is 9.88 Å². The summed E-state index contributed by atoms with van der Waals surface area (Å²) in [7, 11) is 1.69. The maximum atomic E-state index is 5.28. The molecule has 2 rings (SSSR count). The lowest BCUT2D eigenvalue weighted by Gasteiger charge is -2.18. The maximum absolute atomic E-state index is 5.28. The fourth-order valence-electron chi connectivity index (χ4n) is 2.24. The topological polar surface area (TPSA) is 25.4 Å². The van der Waals surface area contributed by atoms with Crippen LogP contribution in [0.1, 0.15) is 19.4 Å². The highest BCUT2D eigenvalue weighted by molar-refractivity contribution is 5.64. The predicted molar refractivity (Wildman–Crippen MR) is 82.9 cm³/mol. The number of hydrogen-bond donors (Lipinski definition) is 0. The van der Waals surface area contributed by atoms with Crippen molar-refractivity contribution in [3.05, 3.63) is 48.3 Å². The minimum atomic E-state index is 0.872. The number of ether oxygens (including phenoxy) is 1. The van der Waals surface area contributed by atoms with E-state index in [9.17, 15) is 0 Å². The molecule has 0 spiro atoms. The third-order valence-corrected chi connectivity index (χ3v) is 3.50. The van der Waals surface area contributed by atoms with Gasteiger partial charge in [0, 0.05) is 24.5 Å². The van der Waals surface area contributed by atoms with Crippen molar-refractivity contribution in [3.8, 4) is 16.9 Å². The molecule has 0 bridgehead atoms. The lowest BCUT2D eigenvalue weighted by atomic mass is 10.1. The van der Waals surface area contributed by atoms with E-state index in [4.69, 9.17) is 4.74 Å². The van der Waals surface area contributed by atoms with Gasteiger partial charge in [0.05, 0.1) is 7.11 Å². The van der Waals surface area contributed by atoms with E-state index in [1.54, 1.807) is 7.11 Å². The first-order chi connectivity index (χ1) is 9.76. The highest BCUT2D eigenvalue weighted by atomic mass is 16.5. The average molecular weight is 270 g/mol. The van der Waals surface area contributed by atoms with Gasteiger partial charge in [-0.3, -0.25) is 9.88 Å². The summed E-state index contributed by atoms with van der Waals surface area (Å²) in [6.07, 6.45) is 3.85. The van der Waals surface area contributed by atoms with Gasteiger partial charge >= 0.3 is 0 Å². The van der Waals surface area contributed by atoms with Crippen LogP contribution in [0.5, 0.6) is 5.75 Å². The Bertz CT molecular complexity index is 550. The maximum Gasteiger partial charge on any atom is 0.119 e. The summed E-state index contributed by atoms with van der Waals surface area (Å²) in [4.78, 5) is 6.75. The van der Waals surface area contributed by atoms with Gasteiger partial charge in [-0.05, 0) is 42.4 Å². The van der Waals surface area contributed by atoms with Crippen LogP contribution in [-0.4, -0.2) is 30.1 Å². The molecule has 1 aromatic carbocycles. The largest absolute Gasteiger partial charge is 0.497 e. The van der Waals surface area contributed by atoms with Gasteiger partial charge in [0.1, 0.15) is 5.75 Å². The zero-order valence-corrected chi connectivity index (χ0v) is 12.5. The molecule has 0 amide bonds. The van der Waals surface area contributed by atoms with E-state index in [1.165, 1.54) is 5.56 Å². The minimum absolute atomic E-state index is 0.872. The molecule has 2 aromatic rings. The summed E-state index contributed by atoms with van der Waals surface area (Å²) in [5.74, 6) is 0.872. The SMILES string of the molecule is CCN(CC)Cc1cncc(-c2cccc(OC)c2)c1. The first kappa shape index (κ1) is 14.5. The van der Waals surface area contributed by atoms with Gasteiger partial charge < -0.3 is 4.74 Å². The second-order valence-corrected chi connectivity index (χ2v) is 4.78. The quantitative estimate of drug-likeness (QED) is 0.802. The van der Waals surface area contributed by atoms with E-state index in [2.05, 4.69) is 35.9 Å². The van der Waals surface area contributed by atoms with E-state index in [-0.39, 0.29) is 0 Å². The molecule has 0 saturated heterocycles. The fraction of sp³-hybridized carbons (Fsp3) is 0.353. The van der Waals surface area contributed by atoms with Gasteiger partial charge in [-0.25, -0.2) is 0 Å². The van der Waals surface area contributed by atoms with Gasteiger partial charge in [0.25, 0.3) is 0 Å². The second kappa shape index (κ2) is 7.06. The molecule has 3 nitrogen and oxygen atoms in total. The predicted octanol–water partition coefficient (Wildman–Crippen LogP) is 3.60. The summed E-state index contributed by atoms with van der Waals surface area (Å²) in [5.41, 5.74) is 3.51. The Hall–Kier alpha value is -1.87. The molecule has 106 valence electrons. The molecule has 0 atom stereocenters. The van der Waals surface area contributed by atoms with Crippen molar-refractivity contribution in [1.29, 1.82) is 0 Å². The monoisotopic (exact) mass is 270 g/mol. The number of methoxy groups -OCH3 is 1. The van der Waals surface area contributed by atoms with Crippen LogP contribution in [0.2, 0.25) is 0 Å². The van der Waals surface area contributed by atoms with Crippen LogP contribution in [-0.2, 0) is 6.54 Å². The van der Waals surface area contributed by atoms with E-state index in [0.29, 0.717) is 0 Å². The Balaban J connectivity index is 2.24. The normalized spacial score (nSPS) is 10.8. The van der Waals surface area contributed by atoms with Crippen LogP contribution in [0.15, 0.2) is 42.7 Å². The van der Waals surface area contributed by atoms with Gasteiger partial charge in [-0.2, -0.15) is 0 Å². The molecule has 20 heavy (non-hydrogen) atoms. The number of hydrogen-bond acceptors (Lipinski definition) is 3. The third-order valence-electron chi connectivity index (χ3n) is 3.50. The number of benzene rings is 1. The van der Waals surface area contributed by atoms with Gasteiger partial charge in [0.2, 0.25) is 0 Å². The van der Waals surface area contributed by atoms with Crippen molar-refractivity contribution in [2.45, 2.75) is 20.4 Å². The molecular weight excluding hydrogens is 248 g/mol. The summed E-state index contributed by atoms with van der Waals surface area (Å²) >= 11 is 0. The van der Waals surface area contributed by atoms with E-state index in [0.717, 1.165) is 36.5 Å². The van der Waals surface area contributed by atoms with E-state index >= 15 is 0 Å². The van der Waals surface area contributed by atoms with Crippen LogP contribution >= 0.6 is 0 Å². The van der Waals surface area contributed by atoms with Crippen LogP contribution < -0.4 is 4.74 Å². The molecule has 3 heteroatoms. The minimum Gasteiger partial charge on any atom is -0.497 e. The zero-order valence-electron chi connectivity index (χ0n) is 12.5. The highest BCUT2D eigenvalue weighted by Crippen LogP contribution is 2.24. The number of pyridine rings is 1. The number of nitrogens with zero attached hydrogens (tertiary/aromatic N) is 2. The highest BCUT2D eigenvalue weighted by Gasteiger charge is 2.05. The first-order valence-electron chi connectivity index (χ1n) is 7.07. The second-order valence-electron chi connectivity index (χ2n) is 4.78. The molecule has 1 aromatic heterocycles. The Kier molecular flexibility index (Phi) is 5.13. The van der Waals surface area contributed by atoms with Gasteiger partial charge in [-0.1, -0.05) is 26.0 Å². The van der Waals surface area contributed by atoms with Crippen LogP contribution in [0, 0.1) is 0 Å². The summed E-state index contributed by atoms with van der Waals surface area (Å²) in [5, 5.41) is 0. The Morgan fingerprint density at radius 3 is 2.55 bits per heavy atom. The number of aromatic nitrogens is 1. The first-order valence-corrected chi connectivity index (χ1v) is 7.07. The molecule has 1 heterocycles. The van der Waals surface area contributed by atoms with Crippen molar-refractivity contribution >= 4 is 0 Å². The molecule has 0 aliphatic carbocycles. The summed E-state index contributed by atoms with van der Waals surface area (Å²) < 4.78 is 5.28. The third kappa shape index (κ3) is 3.58.